The highest BCUT2D eigenvalue weighted by Crippen LogP contribution is 2.34. The summed E-state index contributed by atoms with van der Waals surface area (Å²) in [6.07, 6.45) is -2.99. The molecule has 2 fully saturated rings. The number of carbonyl (C=O) groups is 1. The van der Waals surface area contributed by atoms with Crippen LogP contribution in [0.5, 0.6) is 0 Å². The number of urea groups is 1. The lowest BCUT2D eigenvalue weighted by Gasteiger charge is -2.42. The van der Waals surface area contributed by atoms with Crippen molar-refractivity contribution in [3.63, 3.8) is 0 Å². The number of thiazole rings is 1. The Hall–Kier alpha value is -1.39. The third-order valence-electron chi connectivity index (χ3n) is 4.43. The number of alkyl halides is 3. The molecule has 10 heteroatoms. The molecule has 1 aromatic rings. The molecule has 1 N–H and O–H groups in total. The van der Waals surface area contributed by atoms with E-state index >= 15 is 0 Å². The first-order valence-corrected chi connectivity index (χ1v) is 9.30. The highest BCUT2D eigenvalue weighted by atomic mass is 32.1. The third kappa shape index (κ3) is 4.66. The van der Waals surface area contributed by atoms with Crippen LogP contribution in [0.4, 0.5) is 23.1 Å². The average Bonchev–Trinajstić information content (AvgIpc) is 3.02. The van der Waals surface area contributed by atoms with Gasteiger partial charge in [0, 0.05) is 24.3 Å². The van der Waals surface area contributed by atoms with Gasteiger partial charge in [0.05, 0.1) is 18.7 Å². The Morgan fingerprint density at radius 3 is 2.73 bits per heavy atom. The zero-order valence-corrected chi connectivity index (χ0v) is 15.5. The Balaban J connectivity index is 1.64. The van der Waals surface area contributed by atoms with Gasteiger partial charge in [-0.3, -0.25) is 5.32 Å². The van der Waals surface area contributed by atoms with Crippen molar-refractivity contribution in [3.8, 4) is 0 Å². The molecule has 146 valence electrons. The van der Waals surface area contributed by atoms with Crippen LogP contribution in [0.1, 0.15) is 37.5 Å². The van der Waals surface area contributed by atoms with Crippen LogP contribution < -0.4 is 5.32 Å². The highest BCUT2D eigenvalue weighted by molar-refractivity contribution is 7.15. The van der Waals surface area contributed by atoms with Crippen LogP contribution in [0.25, 0.3) is 0 Å². The topological polar surface area (TPSA) is 63.7 Å². The van der Waals surface area contributed by atoms with E-state index in [0.29, 0.717) is 24.3 Å². The van der Waals surface area contributed by atoms with E-state index in [1.807, 2.05) is 0 Å². The molecule has 3 rings (SSSR count). The van der Waals surface area contributed by atoms with E-state index in [9.17, 15) is 18.0 Å². The summed E-state index contributed by atoms with van der Waals surface area (Å²) in [5, 5.41) is 3.01. The molecule has 0 saturated carbocycles. The van der Waals surface area contributed by atoms with E-state index in [1.165, 1.54) is 25.2 Å². The first kappa shape index (κ1) is 19.4. The standard InChI is InChI=1S/C16H22F3N3O3S/c1-15(2)9-22(8-12(25-15)16(17,18)19)14(23)21-13-20-7-11(26-13)10-3-5-24-6-4-10/h7,10,12H,3-6,8-9H2,1-2H3,(H,20,21,23)/t12-/m1/s1. The Labute approximate surface area is 153 Å². The van der Waals surface area contributed by atoms with E-state index < -0.39 is 30.5 Å². The number of halogens is 3. The molecular weight excluding hydrogens is 371 g/mol. The fourth-order valence-corrected chi connectivity index (χ4v) is 4.17. The molecule has 0 unspecified atom stereocenters. The molecule has 0 bridgehead atoms. The third-order valence-corrected chi connectivity index (χ3v) is 5.51. The van der Waals surface area contributed by atoms with E-state index in [4.69, 9.17) is 9.47 Å². The monoisotopic (exact) mass is 393 g/mol. The second kappa shape index (κ2) is 7.32. The quantitative estimate of drug-likeness (QED) is 0.834. The molecule has 1 aromatic heterocycles. The van der Waals surface area contributed by atoms with Crippen LogP contribution >= 0.6 is 11.3 Å². The summed E-state index contributed by atoms with van der Waals surface area (Å²) in [5.41, 5.74) is -1.08. The van der Waals surface area contributed by atoms with Gasteiger partial charge in [-0.1, -0.05) is 0 Å². The molecule has 2 aliphatic rings. The lowest BCUT2D eigenvalue weighted by molar-refractivity contribution is -0.267. The molecule has 6 nitrogen and oxygen atoms in total. The SMILES string of the molecule is CC1(C)CN(C(=O)Nc2ncc(C3CCOCC3)s2)C[C@H](C(F)(F)F)O1. The maximum Gasteiger partial charge on any atom is 0.416 e. The minimum absolute atomic E-state index is 0.0730. The van der Waals surface area contributed by atoms with Crippen LogP contribution in [-0.4, -0.2) is 60.1 Å². The normalized spacial score (nSPS) is 24.5. The number of hydrogen-bond acceptors (Lipinski definition) is 5. The summed E-state index contributed by atoms with van der Waals surface area (Å²) in [5.74, 6) is 0.351. The summed E-state index contributed by atoms with van der Waals surface area (Å²) < 4.78 is 49.6. The van der Waals surface area contributed by atoms with Gasteiger partial charge in [0.2, 0.25) is 0 Å². The fraction of sp³-hybridized carbons (Fsp3) is 0.750. The van der Waals surface area contributed by atoms with Crippen molar-refractivity contribution in [1.82, 2.24) is 9.88 Å². The summed E-state index contributed by atoms with van der Waals surface area (Å²) >= 11 is 1.36. The largest absolute Gasteiger partial charge is 0.416 e. The maximum absolute atomic E-state index is 13.1. The van der Waals surface area contributed by atoms with Gasteiger partial charge in [0.25, 0.3) is 0 Å². The van der Waals surface area contributed by atoms with Crippen LogP contribution in [0.3, 0.4) is 0 Å². The van der Waals surface area contributed by atoms with Crippen molar-refractivity contribution >= 4 is 22.5 Å². The molecule has 2 amide bonds. The molecule has 0 radical (unpaired) electrons. The number of hydrogen-bond donors (Lipinski definition) is 1. The number of nitrogens with zero attached hydrogens (tertiary/aromatic N) is 2. The predicted molar refractivity (Wildman–Crippen MR) is 90.5 cm³/mol. The maximum atomic E-state index is 13.1. The molecule has 2 saturated heterocycles. The van der Waals surface area contributed by atoms with Gasteiger partial charge < -0.3 is 14.4 Å². The van der Waals surface area contributed by atoms with Crippen LogP contribution in [0.15, 0.2) is 6.20 Å². The van der Waals surface area contributed by atoms with Crippen molar-refractivity contribution in [2.24, 2.45) is 0 Å². The molecule has 1 atom stereocenters. The smallest absolute Gasteiger partial charge is 0.381 e. The minimum atomic E-state index is -4.52. The number of carbonyl (C=O) groups excluding carboxylic acids is 1. The number of ether oxygens (including phenoxy) is 2. The fourth-order valence-electron chi connectivity index (χ4n) is 3.19. The molecule has 0 aliphatic carbocycles. The van der Waals surface area contributed by atoms with Gasteiger partial charge in [0.15, 0.2) is 11.2 Å². The van der Waals surface area contributed by atoms with Gasteiger partial charge in [-0.2, -0.15) is 13.2 Å². The Kier molecular flexibility index (Phi) is 5.45. The molecular formula is C16H22F3N3O3S. The van der Waals surface area contributed by atoms with Crippen molar-refractivity contribution in [2.75, 3.05) is 31.6 Å². The molecule has 2 aliphatic heterocycles. The van der Waals surface area contributed by atoms with Gasteiger partial charge >= 0.3 is 12.2 Å². The van der Waals surface area contributed by atoms with Gasteiger partial charge in [0.1, 0.15) is 0 Å². The highest BCUT2D eigenvalue weighted by Gasteiger charge is 2.49. The number of nitrogens with one attached hydrogen (secondary N) is 1. The minimum Gasteiger partial charge on any atom is -0.381 e. The second-order valence-electron chi connectivity index (χ2n) is 7.17. The summed E-state index contributed by atoms with van der Waals surface area (Å²) in [4.78, 5) is 18.8. The van der Waals surface area contributed by atoms with Crippen molar-refractivity contribution in [3.05, 3.63) is 11.1 Å². The van der Waals surface area contributed by atoms with Gasteiger partial charge in [-0.15, -0.1) is 11.3 Å². The molecule has 26 heavy (non-hydrogen) atoms. The van der Waals surface area contributed by atoms with E-state index in [1.54, 1.807) is 6.20 Å². The van der Waals surface area contributed by atoms with E-state index in [-0.39, 0.29) is 6.54 Å². The number of morpholine rings is 1. The number of amides is 2. The predicted octanol–water partition coefficient (Wildman–Crippen LogP) is 3.61. The zero-order valence-electron chi connectivity index (χ0n) is 14.6. The first-order chi connectivity index (χ1) is 12.1. The molecule has 3 heterocycles. The van der Waals surface area contributed by atoms with Crippen molar-refractivity contribution in [2.45, 2.75) is 50.5 Å². The van der Waals surface area contributed by atoms with Crippen LogP contribution in [0, 0.1) is 0 Å². The average molecular weight is 393 g/mol. The number of aromatic nitrogens is 1. The van der Waals surface area contributed by atoms with Crippen LogP contribution in [-0.2, 0) is 9.47 Å². The van der Waals surface area contributed by atoms with Crippen molar-refractivity contribution < 1.29 is 27.4 Å². The lowest BCUT2D eigenvalue weighted by atomic mass is 9.99. The second-order valence-corrected chi connectivity index (χ2v) is 8.24. The summed E-state index contributed by atoms with van der Waals surface area (Å²) in [7, 11) is 0. The van der Waals surface area contributed by atoms with Gasteiger partial charge in [-0.05, 0) is 32.6 Å². The number of rotatable bonds is 2. The number of anilines is 1. The Morgan fingerprint density at radius 1 is 1.38 bits per heavy atom. The Morgan fingerprint density at radius 2 is 2.08 bits per heavy atom. The van der Waals surface area contributed by atoms with Gasteiger partial charge in [-0.25, -0.2) is 9.78 Å². The van der Waals surface area contributed by atoms with E-state index in [2.05, 4.69) is 10.3 Å². The van der Waals surface area contributed by atoms with E-state index in [0.717, 1.165) is 22.6 Å². The summed E-state index contributed by atoms with van der Waals surface area (Å²) in [6, 6.07) is -0.594. The Bertz CT molecular complexity index is 644. The summed E-state index contributed by atoms with van der Waals surface area (Å²) in [6.45, 7) is 4.02. The zero-order chi connectivity index (χ0) is 18.9. The molecule has 0 aromatic carbocycles. The van der Waals surface area contributed by atoms with Crippen molar-refractivity contribution in [1.29, 1.82) is 0 Å². The first-order valence-electron chi connectivity index (χ1n) is 8.48. The molecule has 0 spiro atoms. The van der Waals surface area contributed by atoms with Crippen LogP contribution in [0.2, 0.25) is 0 Å². The lowest BCUT2D eigenvalue weighted by Crippen LogP contribution is -2.59.